The molecule has 1 amide bonds. The highest BCUT2D eigenvalue weighted by molar-refractivity contribution is 7.89. The number of rotatable bonds is 7. The van der Waals surface area contributed by atoms with Gasteiger partial charge in [0, 0.05) is 43.6 Å². The highest BCUT2D eigenvalue weighted by Gasteiger charge is 2.32. The van der Waals surface area contributed by atoms with E-state index < -0.39 is 16.0 Å². The van der Waals surface area contributed by atoms with Gasteiger partial charge in [-0.1, -0.05) is 12.8 Å². The SMILES string of the molecule is CCOC(=O)c1c(C)[nH]c(C)c1S(=O)(=O)NCC(=O)N1CCN(C2CCCC2)CC1. The molecule has 0 radical (unpaired) electrons. The fourth-order valence-electron chi connectivity index (χ4n) is 4.49. The number of H-pyrrole nitrogens is 1. The van der Waals surface area contributed by atoms with E-state index in [1.807, 2.05) is 0 Å². The lowest BCUT2D eigenvalue weighted by molar-refractivity contribution is -0.132. The number of aromatic amines is 1. The third-order valence-electron chi connectivity index (χ3n) is 5.99. The predicted octanol–water partition coefficient (Wildman–Crippen LogP) is 1.17. The van der Waals surface area contributed by atoms with Gasteiger partial charge in [0.2, 0.25) is 15.9 Å². The molecule has 2 aliphatic rings. The van der Waals surface area contributed by atoms with Crippen LogP contribution in [0.15, 0.2) is 4.90 Å². The molecule has 10 heteroatoms. The van der Waals surface area contributed by atoms with Gasteiger partial charge in [-0.05, 0) is 33.6 Å². The van der Waals surface area contributed by atoms with Gasteiger partial charge in [-0.15, -0.1) is 0 Å². The molecular formula is C20H32N4O5S. The number of amides is 1. The monoisotopic (exact) mass is 440 g/mol. The molecule has 1 aromatic rings. The normalized spacial score (nSPS) is 18.7. The van der Waals surface area contributed by atoms with Crippen molar-refractivity contribution in [2.45, 2.75) is 57.4 Å². The highest BCUT2D eigenvalue weighted by Crippen LogP contribution is 2.25. The second-order valence-electron chi connectivity index (χ2n) is 7.98. The summed E-state index contributed by atoms with van der Waals surface area (Å²) in [5, 5.41) is 0. The number of ether oxygens (including phenoxy) is 1. The van der Waals surface area contributed by atoms with Crippen molar-refractivity contribution < 1.29 is 22.7 Å². The molecule has 1 aliphatic carbocycles. The molecule has 1 saturated carbocycles. The summed E-state index contributed by atoms with van der Waals surface area (Å²) >= 11 is 0. The van der Waals surface area contributed by atoms with Crippen LogP contribution in [-0.4, -0.2) is 80.5 Å². The standard InChI is InChI=1S/C20H32N4O5S/c1-4-29-20(26)18-14(2)22-15(3)19(18)30(27,28)21-13-17(25)24-11-9-23(10-12-24)16-7-5-6-8-16/h16,21-22H,4-13H2,1-3H3. The van der Waals surface area contributed by atoms with Crippen molar-refractivity contribution in [2.75, 3.05) is 39.3 Å². The maximum absolute atomic E-state index is 12.9. The maximum atomic E-state index is 12.9. The smallest absolute Gasteiger partial charge is 0.341 e. The number of aryl methyl sites for hydroxylation is 2. The van der Waals surface area contributed by atoms with E-state index in [1.165, 1.54) is 25.7 Å². The Hall–Kier alpha value is -1.91. The largest absolute Gasteiger partial charge is 0.462 e. The zero-order valence-electron chi connectivity index (χ0n) is 18.0. The Kier molecular flexibility index (Phi) is 7.20. The molecule has 2 heterocycles. The van der Waals surface area contributed by atoms with Crippen molar-refractivity contribution in [3.05, 3.63) is 17.0 Å². The Morgan fingerprint density at radius 3 is 2.33 bits per heavy atom. The van der Waals surface area contributed by atoms with Crippen LogP contribution in [0.4, 0.5) is 0 Å². The summed E-state index contributed by atoms with van der Waals surface area (Å²) in [6.45, 7) is 7.52. The second-order valence-corrected chi connectivity index (χ2v) is 9.68. The first-order chi connectivity index (χ1) is 14.2. The van der Waals surface area contributed by atoms with E-state index >= 15 is 0 Å². The van der Waals surface area contributed by atoms with Gasteiger partial charge in [0.15, 0.2) is 0 Å². The lowest BCUT2D eigenvalue weighted by atomic mass is 10.2. The molecule has 30 heavy (non-hydrogen) atoms. The first-order valence-corrected chi connectivity index (χ1v) is 12.1. The minimum Gasteiger partial charge on any atom is -0.462 e. The molecule has 9 nitrogen and oxygen atoms in total. The third kappa shape index (κ3) is 4.87. The predicted molar refractivity (Wildman–Crippen MR) is 112 cm³/mol. The molecule has 168 valence electrons. The molecule has 0 unspecified atom stereocenters. The number of hydrogen-bond donors (Lipinski definition) is 2. The van der Waals surface area contributed by atoms with Crippen molar-refractivity contribution in [3.63, 3.8) is 0 Å². The van der Waals surface area contributed by atoms with Crippen LogP contribution in [0.3, 0.4) is 0 Å². The molecule has 0 spiro atoms. The van der Waals surface area contributed by atoms with Crippen molar-refractivity contribution in [2.24, 2.45) is 0 Å². The first-order valence-electron chi connectivity index (χ1n) is 10.6. The number of hydrogen-bond acceptors (Lipinski definition) is 6. The van der Waals surface area contributed by atoms with Gasteiger partial charge in [-0.3, -0.25) is 9.69 Å². The summed E-state index contributed by atoms with van der Waals surface area (Å²) in [5.74, 6) is -0.957. The highest BCUT2D eigenvalue weighted by atomic mass is 32.2. The minimum absolute atomic E-state index is 0.0144. The van der Waals surface area contributed by atoms with Crippen LogP contribution in [0.5, 0.6) is 0 Å². The molecule has 0 atom stereocenters. The summed E-state index contributed by atoms with van der Waals surface area (Å²) in [6.07, 6.45) is 5.01. The second kappa shape index (κ2) is 9.49. The van der Waals surface area contributed by atoms with Crippen LogP contribution in [-0.2, 0) is 19.6 Å². The molecule has 1 aliphatic heterocycles. The number of carbonyl (C=O) groups excluding carboxylic acids is 2. The van der Waals surface area contributed by atoms with E-state index in [0.29, 0.717) is 30.5 Å². The summed E-state index contributed by atoms with van der Waals surface area (Å²) < 4.78 is 33.2. The van der Waals surface area contributed by atoms with Crippen molar-refractivity contribution >= 4 is 21.9 Å². The number of sulfonamides is 1. The molecule has 0 aromatic carbocycles. The van der Waals surface area contributed by atoms with E-state index in [1.54, 1.807) is 25.7 Å². The van der Waals surface area contributed by atoms with Gasteiger partial charge in [0.25, 0.3) is 0 Å². The average molecular weight is 441 g/mol. The third-order valence-corrected chi connectivity index (χ3v) is 7.56. The van der Waals surface area contributed by atoms with Gasteiger partial charge in [-0.2, -0.15) is 0 Å². The van der Waals surface area contributed by atoms with E-state index in [9.17, 15) is 18.0 Å². The topological polar surface area (TPSA) is 112 Å². The average Bonchev–Trinajstić information content (AvgIpc) is 3.34. The quantitative estimate of drug-likeness (QED) is 0.616. The van der Waals surface area contributed by atoms with Gasteiger partial charge in [-0.25, -0.2) is 17.9 Å². The lowest BCUT2D eigenvalue weighted by Crippen LogP contribution is -2.53. The lowest BCUT2D eigenvalue weighted by Gasteiger charge is -2.38. The van der Waals surface area contributed by atoms with Crippen molar-refractivity contribution in [1.82, 2.24) is 19.5 Å². The van der Waals surface area contributed by atoms with Gasteiger partial charge in [0.05, 0.1) is 13.2 Å². The van der Waals surface area contributed by atoms with Crippen LogP contribution in [0.2, 0.25) is 0 Å². The van der Waals surface area contributed by atoms with E-state index in [-0.39, 0.29) is 29.5 Å². The minimum atomic E-state index is -4.06. The van der Waals surface area contributed by atoms with Crippen LogP contribution < -0.4 is 4.72 Å². The van der Waals surface area contributed by atoms with E-state index in [0.717, 1.165) is 13.1 Å². The van der Waals surface area contributed by atoms with Gasteiger partial charge in [0.1, 0.15) is 10.5 Å². The zero-order chi connectivity index (χ0) is 21.9. The van der Waals surface area contributed by atoms with Crippen LogP contribution in [0, 0.1) is 13.8 Å². The maximum Gasteiger partial charge on any atom is 0.341 e. The van der Waals surface area contributed by atoms with Gasteiger partial charge < -0.3 is 14.6 Å². The van der Waals surface area contributed by atoms with Crippen molar-refractivity contribution in [3.8, 4) is 0 Å². The Bertz CT molecular complexity index is 881. The molecule has 1 aromatic heterocycles. The number of nitrogens with one attached hydrogen (secondary N) is 2. The van der Waals surface area contributed by atoms with E-state index in [2.05, 4.69) is 14.6 Å². The van der Waals surface area contributed by atoms with Gasteiger partial charge >= 0.3 is 5.97 Å². The summed E-state index contributed by atoms with van der Waals surface area (Å²) in [7, 11) is -4.06. The zero-order valence-corrected chi connectivity index (χ0v) is 18.8. The van der Waals surface area contributed by atoms with Crippen molar-refractivity contribution in [1.29, 1.82) is 0 Å². The van der Waals surface area contributed by atoms with E-state index in [4.69, 9.17) is 4.74 Å². The fraction of sp³-hybridized carbons (Fsp3) is 0.700. The van der Waals surface area contributed by atoms with Crippen LogP contribution in [0.1, 0.15) is 54.4 Å². The molecule has 1 saturated heterocycles. The molecule has 2 fully saturated rings. The fourth-order valence-corrected chi connectivity index (χ4v) is 5.91. The summed E-state index contributed by atoms with van der Waals surface area (Å²) in [6, 6.07) is 0.627. The first kappa shape index (κ1) is 22.8. The Labute approximate surface area is 178 Å². The molecular weight excluding hydrogens is 408 g/mol. The molecule has 3 rings (SSSR count). The summed E-state index contributed by atoms with van der Waals surface area (Å²) in [4.78, 5) is 31.7. The molecule has 2 N–H and O–H groups in total. The number of nitrogens with zero attached hydrogens (tertiary/aromatic N) is 2. The Morgan fingerprint density at radius 1 is 1.10 bits per heavy atom. The number of aromatic nitrogens is 1. The number of piperazine rings is 1. The Morgan fingerprint density at radius 2 is 1.73 bits per heavy atom. The molecule has 0 bridgehead atoms. The Balaban J connectivity index is 1.61. The number of carbonyl (C=O) groups is 2. The van der Waals surface area contributed by atoms with Crippen LogP contribution >= 0.6 is 0 Å². The number of esters is 1. The van der Waals surface area contributed by atoms with Crippen LogP contribution in [0.25, 0.3) is 0 Å². The summed E-state index contributed by atoms with van der Waals surface area (Å²) in [5.41, 5.74) is 0.737.